The summed E-state index contributed by atoms with van der Waals surface area (Å²) in [6.45, 7) is 11.9. The molecular weight excluding hydrogens is 626 g/mol. The van der Waals surface area contributed by atoms with E-state index in [1.165, 1.54) is 56.9 Å². The number of nitrogens with zero attached hydrogens (tertiary/aromatic N) is 1. The number of unbranched alkanes of at least 4 members (excludes halogenated alkanes) is 13. The lowest BCUT2D eigenvalue weighted by atomic mass is 10.0. The molecule has 0 atom stereocenters. The van der Waals surface area contributed by atoms with Gasteiger partial charge in [0, 0.05) is 25.9 Å². The first-order chi connectivity index (χ1) is 24.1. The van der Waals surface area contributed by atoms with Gasteiger partial charge in [-0.1, -0.05) is 120 Å². The number of ether oxygens (including phenoxy) is 3. The van der Waals surface area contributed by atoms with Gasteiger partial charge < -0.3 is 19.1 Å². The van der Waals surface area contributed by atoms with E-state index >= 15 is 0 Å². The minimum absolute atomic E-state index is 0.131. The van der Waals surface area contributed by atoms with Gasteiger partial charge in [0.1, 0.15) is 18.8 Å². The van der Waals surface area contributed by atoms with Crippen molar-refractivity contribution < 1.29 is 28.6 Å². The van der Waals surface area contributed by atoms with Gasteiger partial charge in [-0.05, 0) is 89.7 Å². The Kier molecular flexibility index (Phi) is 26.6. The first-order valence-corrected chi connectivity index (χ1v) is 19.8. The van der Waals surface area contributed by atoms with Crippen LogP contribution in [0.2, 0.25) is 0 Å². The van der Waals surface area contributed by atoms with Gasteiger partial charge in [-0.25, -0.2) is 4.79 Å². The van der Waals surface area contributed by atoms with E-state index in [0.717, 1.165) is 69.8 Å². The Balaban J connectivity index is 2.38. The lowest BCUT2D eigenvalue weighted by Gasteiger charge is -2.27. The van der Waals surface area contributed by atoms with E-state index in [0.29, 0.717) is 39.1 Å². The molecule has 284 valence electrons. The van der Waals surface area contributed by atoms with E-state index in [-0.39, 0.29) is 18.0 Å². The van der Waals surface area contributed by atoms with Crippen molar-refractivity contribution in [3.05, 3.63) is 59.7 Å². The number of carbonyl (C=O) groups is 3. The molecule has 0 bridgehead atoms. The van der Waals surface area contributed by atoms with Gasteiger partial charge in [-0.15, -0.1) is 0 Å². The van der Waals surface area contributed by atoms with Crippen molar-refractivity contribution in [3.8, 4) is 0 Å². The minimum Gasteiger partial charge on any atom is -0.461 e. The minimum atomic E-state index is -0.568. The molecule has 7 heteroatoms. The Bertz CT molecular complexity index is 1090. The number of hydrogen-bond donors (Lipinski definition) is 0. The van der Waals surface area contributed by atoms with Gasteiger partial charge in [-0.2, -0.15) is 0 Å². The molecule has 0 radical (unpaired) electrons. The highest BCUT2D eigenvalue weighted by atomic mass is 16.6. The summed E-state index contributed by atoms with van der Waals surface area (Å²) in [6, 6.07) is 8.35. The van der Waals surface area contributed by atoms with E-state index < -0.39 is 5.60 Å². The molecule has 50 heavy (non-hydrogen) atoms. The highest BCUT2D eigenvalue weighted by molar-refractivity contribution is 5.69. The summed E-state index contributed by atoms with van der Waals surface area (Å²) in [4.78, 5) is 39.1. The molecule has 1 rings (SSSR count). The lowest BCUT2D eigenvalue weighted by molar-refractivity contribution is -0.143. The van der Waals surface area contributed by atoms with Gasteiger partial charge in [0.15, 0.2) is 0 Å². The number of allylic oxidation sites excluding steroid dienone is 2. The quantitative estimate of drug-likeness (QED) is 0.0359. The zero-order valence-electron chi connectivity index (χ0n) is 32.5. The van der Waals surface area contributed by atoms with Crippen LogP contribution in [0.1, 0.15) is 168 Å². The molecule has 0 unspecified atom stereocenters. The third-order valence-corrected chi connectivity index (χ3v) is 8.38. The summed E-state index contributed by atoms with van der Waals surface area (Å²) < 4.78 is 16.4. The van der Waals surface area contributed by atoms with Crippen molar-refractivity contribution in [2.75, 3.05) is 19.8 Å². The first kappa shape index (κ1) is 44.9. The Morgan fingerprint density at radius 2 is 1.16 bits per heavy atom. The third-order valence-electron chi connectivity index (χ3n) is 8.38. The van der Waals surface area contributed by atoms with Crippen molar-refractivity contribution in [1.82, 2.24) is 4.90 Å². The van der Waals surface area contributed by atoms with Crippen molar-refractivity contribution in [1.29, 1.82) is 0 Å². The van der Waals surface area contributed by atoms with Crippen LogP contribution in [0.15, 0.2) is 48.6 Å². The second-order valence-corrected chi connectivity index (χ2v) is 14.5. The predicted octanol–water partition coefficient (Wildman–Crippen LogP) is 11.6. The second-order valence-electron chi connectivity index (χ2n) is 14.5. The smallest absolute Gasteiger partial charge is 0.410 e. The summed E-state index contributed by atoms with van der Waals surface area (Å²) in [7, 11) is 0. The molecule has 0 aliphatic carbocycles. The Morgan fingerprint density at radius 1 is 0.640 bits per heavy atom. The summed E-state index contributed by atoms with van der Waals surface area (Å²) in [5.41, 5.74) is 1.70. The second kappa shape index (κ2) is 29.6. The number of benzene rings is 1. The van der Waals surface area contributed by atoms with Gasteiger partial charge in [0.25, 0.3) is 0 Å². The molecule has 0 spiro atoms. The van der Waals surface area contributed by atoms with Crippen LogP contribution < -0.4 is 0 Å². The van der Waals surface area contributed by atoms with E-state index in [2.05, 4.69) is 44.2 Å². The average Bonchev–Trinajstić information content (AvgIpc) is 3.07. The Morgan fingerprint density at radius 3 is 1.74 bits per heavy atom. The molecule has 0 N–H and O–H groups in total. The third kappa shape index (κ3) is 26.7. The Hall–Kier alpha value is -3.09. The number of rotatable bonds is 29. The summed E-state index contributed by atoms with van der Waals surface area (Å²) in [5.74, 6) is -0.273. The fraction of sp³-hybridized carbons (Fsp3) is 0.698. The first-order valence-electron chi connectivity index (χ1n) is 19.8. The number of esters is 2. The van der Waals surface area contributed by atoms with Crippen molar-refractivity contribution >= 4 is 18.0 Å². The standard InChI is InChI=1S/C43H71NO6/c1-6-8-10-12-14-19-25-34-48-40(45)31-21-17-16-18-24-33-44(42(47)50-43(3,4)5)37-39-30-27-29-38(36-39)28-22-23-32-41(46)49-35-26-20-15-13-11-9-7-2/h19-20,25-27,29-30,36H,6-18,21-24,28,31-35,37H2,1-5H3/b25-19-,26-20-. The predicted molar refractivity (Wildman–Crippen MR) is 206 cm³/mol. The zero-order chi connectivity index (χ0) is 36.7. The van der Waals surface area contributed by atoms with Crippen LogP contribution in [-0.2, 0) is 36.8 Å². The largest absolute Gasteiger partial charge is 0.461 e. The molecule has 1 aromatic rings. The van der Waals surface area contributed by atoms with E-state index in [1.54, 1.807) is 4.90 Å². The average molecular weight is 698 g/mol. The SMILES string of the molecule is CCCCCC/C=C\COC(=O)CCCCCCCN(Cc1cccc(CCCCC(=O)OC/C=C\CCCCCC)c1)C(=O)OC(C)(C)C. The summed E-state index contributed by atoms with van der Waals surface area (Å²) in [5, 5.41) is 0. The van der Waals surface area contributed by atoms with Gasteiger partial charge in [-0.3, -0.25) is 9.59 Å². The lowest BCUT2D eigenvalue weighted by Crippen LogP contribution is -2.37. The Labute approximate surface area is 305 Å². The number of aryl methyl sites for hydroxylation is 1. The zero-order valence-corrected chi connectivity index (χ0v) is 32.5. The monoisotopic (exact) mass is 698 g/mol. The van der Waals surface area contributed by atoms with Crippen molar-refractivity contribution in [2.24, 2.45) is 0 Å². The maximum Gasteiger partial charge on any atom is 0.410 e. The van der Waals surface area contributed by atoms with E-state index in [9.17, 15) is 14.4 Å². The van der Waals surface area contributed by atoms with Gasteiger partial charge in [0.2, 0.25) is 0 Å². The van der Waals surface area contributed by atoms with Crippen LogP contribution in [0, 0.1) is 0 Å². The van der Waals surface area contributed by atoms with Gasteiger partial charge >= 0.3 is 18.0 Å². The van der Waals surface area contributed by atoms with Crippen LogP contribution in [0.4, 0.5) is 4.79 Å². The van der Waals surface area contributed by atoms with Gasteiger partial charge in [0.05, 0.1) is 0 Å². The van der Waals surface area contributed by atoms with Crippen LogP contribution in [0.25, 0.3) is 0 Å². The molecule has 1 aromatic carbocycles. The van der Waals surface area contributed by atoms with Crippen LogP contribution in [-0.4, -0.2) is 48.3 Å². The van der Waals surface area contributed by atoms with Crippen LogP contribution in [0.3, 0.4) is 0 Å². The summed E-state index contributed by atoms with van der Waals surface area (Å²) in [6.07, 6.45) is 27.9. The molecule has 0 saturated heterocycles. The highest BCUT2D eigenvalue weighted by Gasteiger charge is 2.22. The maximum atomic E-state index is 13.1. The molecule has 0 fully saturated rings. The molecule has 1 amide bonds. The normalized spacial score (nSPS) is 11.7. The number of amides is 1. The number of carbonyl (C=O) groups excluding carboxylic acids is 3. The van der Waals surface area contributed by atoms with Crippen LogP contribution >= 0.6 is 0 Å². The van der Waals surface area contributed by atoms with Crippen molar-refractivity contribution in [2.45, 2.75) is 175 Å². The molecule has 7 nitrogen and oxygen atoms in total. The molecule has 0 aliphatic rings. The van der Waals surface area contributed by atoms with E-state index in [1.807, 2.05) is 39.0 Å². The molecule has 0 saturated carbocycles. The maximum absolute atomic E-state index is 13.1. The van der Waals surface area contributed by atoms with E-state index in [4.69, 9.17) is 14.2 Å². The molecule has 0 aromatic heterocycles. The fourth-order valence-corrected chi connectivity index (χ4v) is 5.54. The molecule has 0 heterocycles. The fourth-order valence-electron chi connectivity index (χ4n) is 5.54. The molecular formula is C43H71NO6. The topological polar surface area (TPSA) is 82.1 Å². The van der Waals surface area contributed by atoms with Crippen molar-refractivity contribution in [3.63, 3.8) is 0 Å². The number of hydrogen-bond acceptors (Lipinski definition) is 6. The molecule has 0 aliphatic heterocycles. The summed E-state index contributed by atoms with van der Waals surface area (Å²) >= 11 is 0. The highest BCUT2D eigenvalue weighted by Crippen LogP contribution is 2.17. The van der Waals surface area contributed by atoms with Crippen LogP contribution in [0.5, 0.6) is 0 Å².